The highest BCUT2D eigenvalue weighted by molar-refractivity contribution is 6.74. The van der Waals surface area contributed by atoms with Crippen LogP contribution >= 0.6 is 0 Å². The molecule has 39 heavy (non-hydrogen) atoms. The quantitative estimate of drug-likeness (QED) is 0.333. The molecule has 3 aromatic rings. The number of hydrogen-bond acceptors (Lipinski definition) is 8. The van der Waals surface area contributed by atoms with E-state index in [2.05, 4.69) is 50.4 Å². The number of anilines is 1. The zero-order valence-electron chi connectivity index (χ0n) is 22.6. The topological polar surface area (TPSA) is 136 Å². The van der Waals surface area contributed by atoms with Gasteiger partial charge in [-0.15, -0.1) is 6.58 Å². The summed E-state index contributed by atoms with van der Waals surface area (Å²) in [6.45, 7) is 14.7. The highest BCUT2D eigenvalue weighted by Gasteiger charge is 2.55. The Balaban J connectivity index is 1.57. The molecule has 13 heteroatoms. The van der Waals surface area contributed by atoms with Gasteiger partial charge < -0.3 is 24.4 Å². The number of aromatic amines is 1. The summed E-state index contributed by atoms with van der Waals surface area (Å²) in [4.78, 5) is 33.2. The second-order valence-corrected chi connectivity index (χ2v) is 16.2. The summed E-state index contributed by atoms with van der Waals surface area (Å²) in [7, 11) is -2.16. The summed E-state index contributed by atoms with van der Waals surface area (Å²) in [5.74, 6) is -0.522. The van der Waals surface area contributed by atoms with E-state index in [4.69, 9.17) is 24.4 Å². The number of nitrogen functional groups attached to an aromatic ring is 1. The van der Waals surface area contributed by atoms with Gasteiger partial charge in [0.05, 0.1) is 6.61 Å². The first-order valence-corrected chi connectivity index (χ1v) is 15.7. The normalized spacial score (nSPS) is 25.3. The third-order valence-corrected chi connectivity index (χ3v) is 12.3. The standard InChI is InChI=1S/C26H34FN5O6Si/c1-7-12-31-17-20(29-24(28)30-21(17)33)32(25(31)34)22-19-18(16(36-22)13-35-39(5,6)26(2,3)4)37-23(38-19)14-8-10-15(27)11-9-14/h7-11,16,18-19,22-23H,1,12-13H2,2-6H3,(H3,28,29,30,33)/t16-,18-,19-,22-,23?/m1/s1. The van der Waals surface area contributed by atoms with E-state index in [1.54, 1.807) is 12.1 Å². The van der Waals surface area contributed by atoms with Crippen LogP contribution in [0.2, 0.25) is 18.1 Å². The Hall–Kier alpha value is -3.10. The Bertz CT molecular complexity index is 1510. The molecule has 210 valence electrons. The molecule has 2 aliphatic rings. The van der Waals surface area contributed by atoms with Crippen molar-refractivity contribution in [1.82, 2.24) is 19.1 Å². The molecule has 0 amide bonds. The van der Waals surface area contributed by atoms with E-state index >= 15 is 0 Å². The van der Waals surface area contributed by atoms with Crippen LogP contribution in [0.1, 0.15) is 38.9 Å². The number of nitrogens with one attached hydrogen (secondary N) is 1. The number of benzene rings is 1. The minimum absolute atomic E-state index is 0.0361. The molecule has 0 radical (unpaired) electrons. The van der Waals surface area contributed by atoms with Gasteiger partial charge in [0.15, 0.2) is 32.0 Å². The number of halogens is 1. The lowest BCUT2D eigenvalue weighted by atomic mass is 10.1. The van der Waals surface area contributed by atoms with Gasteiger partial charge in [0.1, 0.15) is 24.1 Å². The lowest BCUT2D eigenvalue weighted by molar-refractivity contribution is -0.153. The first-order valence-electron chi connectivity index (χ1n) is 12.8. The van der Waals surface area contributed by atoms with Crippen LogP contribution in [0.5, 0.6) is 0 Å². The molecule has 0 saturated carbocycles. The van der Waals surface area contributed by atoms with Crippen molar-refractivity contribution in [2.45, 2.75) is 76.3 Å². The maximum Gasteiger partial charge on any atom is 0.333 e. The van der Waals surface area contributed by atoms with Gasteiger partial charge in [0.2, 0.25) is 5.95 Å². The van der Waals surface area contributed by atoms with E-state index in [1.165, 1.54) is 27.3 Å². The number of fused-ring (bicyclic) bond motifs is 2. The zero-order chi connectivity index (χ0) is 28.3. The average molecular weight is 560 g/mol. The van der Waals surface area contributed by atoms with Gasteiger partial charge in [0, 0.05) is 12.1 Å². The predicted octanol–water partition coefficient (Wildman–Crippen LogP) is 3.20. The second-order valence-electron chi connectivity index (χ2n) is 11.4. The number of ether oxygens (including phenoxy) is 3. The molecule has 2 saturated heterocycles. The average Bonchev–Trinajstić information content (AvgIpc) is 3.49. The summed E-state index contributed by atoms with van der Waals surface area (Å²) in [5, 5.41) is -0.0361. The lowest BCUT2D eigenvalue weighted by Gasteiger charge is -2.37. The largest absolute Gasteiger partial charge is 0.414 e. The SMILES string of the molecule is C=CCn1c(=O)n([C@@H]2O[C@H](CO[Si](C)(C)C(C)(C)C)[C@H]3OC(c4ccc(F)cc4)O[C@H]32)c2nc(N)[nH]c(=O)c21. The van der Waals surface area contributed by atoms with Crippen molar-refractivity contribution >= 4 is 25.4 Å². The predicted molar refractivity (Wildman–Crippen MR) is 145 cm³/mol. The molecule has 2 aliphatic heterocycles. The number of imidazole rings is 1. The van der Waals surface area contributed by atoms with E-state index in [-0.39, 0.29) is 41.1 Å². The van der Waals surface area contributed by atoms with Gasteiger partial charge in [-0.25, -0.2) is 13.8 Å². The zero-order valence-corrected chi connectivity index (χ0v) is 23.6. The Kier molecular flexibility index (Phi) is 6.92. The minimum atomic E-state index is -2.16. The molecule has 5 atom stereocenters. The number of aromatic nitrogens is 4. The van der Waals surface area contributed by atoms with Crippen molar-refractivity contribution in [3.8, 4) is 0 Å². The fraction of sp³-hybridized carbons (Fsp3) is 0.500. The Labute approximate surface area is 225 Å². The molecule has 4 heterocycles. The molecule has 1 unspecified atom stereocenters. The molecule has 2 fully saturated rings. The first kappa shape index (κ1) is 27.5. The first-order chi connectivity index (χ1) is 18.3. The third kappa shape index (κ3) is 4.78. The second kappa shape index (κ2) is 9.82. The molecule has 5 rings (SSSR count). The fourth-order valence-electron chi connectivity index (χ4n) is 4.69. The lowest BCUT2D eigenvalue weighted by Crippen LogP contribution is -2.44. The summed E-state index contributed by atoms with van der Waals surface area (Å²) < 4.78 is 41.6. The van der Waals surface area contributed by atoms with Gasteiger partial charge in [-0.1, -0.05) is 39.0 Å². The van der Waals surface area contributed by atoms with Crippen LogP contribution in [-0.4, -0.2) is 52.3 Å². The Morgan fingerprint density at radius 3 is 2.49 bits per heavy atom. The highest BCUT2D eigenvalue weighted by Crippen LogP contribution is 2.45. The molecule has 0 bridgehead atoms. The smallest absolute Gasteiger partial charge is 0.333 e. The van der Waals surface area contributed by atoms with Crippen LogP contribution in [0.25, 0.3) is 11.2 Å². The van der Waals surface area contributed by atoms with Crippen molar-refractivity contribution in [2.75, 3.05) is 12.3 Å². The van der Waals surface area contributed by atoms with Crippen LogP contribution in [0.4, 0.5) is 10.3 Å². The maximum atomic E-state index is 13.7. The summed E-state index contributed by atoms with van der Waals surface area (Å²) >= 11 is 0. The van der Waals surface area contributed by atoms with E-state index in [1.807, 2.05) is 0 Å². The van der Waals surface area contributed by atoms with Crippen LogP contribution in [0.3, 0.4) is 0 Å². The van der Waals surface area contributed by atoms with E-state index < -0.39 is 50.4 Å². The molecule has 2 aromatic heterocycles. The molecular weight excluding hydrogens is 525 g/mol. The van der Waals surface area contributed by atoms with Crippen LogP contribution in [-0.2, 0) is 25.2 Å². The Morgan fingerprint density at radius 2 is 1.85 bits per heavy atom. The van der Waals surface area contributed by atoms with Crippen molar-refractivity contribution in [3.63, 3.8) is 0 Å². The number of rotatable bonds is 7. The molecule has 0 aliphatic carbocycles. The fourth-order valence-corrected chi connectivity index (χ4v) is 5.70. The molecule has 3 N–H and O–H groups in total. The Morgan fingerprint density at radius 1 is 1.18 bits per heavy atom. The molecule has 11 nitrogen and oxygen atoms in total. The molecular formula is C26H34FN5O6Si. The number of hydrogen-bond donors (Lipinski definition) is 2. The van der Waals surface area contributed by atoms with Crippen LogP contribution in [0, 0.1) is 5.82 Å². The van der Waals surface area contributed by atoms with Crippen molar-refractivity contribution < 1.29 is 23.0 Å². The van der Waals surface area contributed by atoms with Gasteiger partial charge in [0.25, 0.3) is 5.56 Å². The summed E-state index contributed by atoms with van der Waals surface area (Å²) in [5.41, 5.74) is 5.49. The number of H-pyrrole nitrogens is 1. The maximum absolute atomic E-state index is 13.7. The van der Waals surface area contributed by atoms with Crippen LogP contribution in [0.15, 0.2) is 46.5 Å². The van der Waals surface area contributed by atoms with E-state index in [0.29, 0.717) is 5.56 Å². The number of allylic oxidation sites excluding steroid dienone is 1. The van der Waals surface area contributed by atoms with Crippen molar-refractivity contribution in [1.29, 1.82) is 0 Å². The number of nitrogens with zero attached hydrogens (tertiary/aromatic N) is 3. The van der Waals surface area contributed by atoms with Gasteiger partial charge in [-0.05, 0) is 30.3 Å². The van der Waals surface area contributed by atoms with Gasteiger partial charge in [-0.3, -0.25) is 14.3 Å². The number of nitrogens with two attached hydrogens (primary N) is 1. The van der Waals surface area contributed by atoms with E-state index in [9.17, 15) is 14.0 Å². The monoisotopic (exact) mass is 559 g/mol. The summed E-state index contributed by atoms with van der Waals surface area (Å²) in [6.07, 6.45) is -2.27. The molecule has 0 spiro atoms. The van der Waals surface area contributed by atoms with Crippen molar-refractivity contribution in [2.24, 2.45) is 0 Å². The minimum Gasteiger partial charge on any atom is -0.414 e. The summed E-state index contributed by atoms with van der Waals surface area (Å²) in [6, 6.07) is 5.83. The van der Waals surface area contributed by atoms with Gasteiger partial charge in [-0.2, -0.15) is 4.98 Å². The van der Waals surface area contributed by atoms with Gasteiger partial charge >= 0.3 is 5.69 Å². The third-order valence-electron chi connectivity index (χ3n) is 7.80. The highest BCUT2D eigenvalue weighted by atomic mass is 28.4. The van der Waals surface area contributed by atoms with E-state index in [0.717, 1.165) is 0 Å². The van der Waals surface area contributed by atoms with Crippen molar-refractivity contribution in [3.05, 3.63) is 69.1 Å². The molecule has 1 aromatic carbocycles. The van der Waals surface area contributed by atoms with Crippen LogP contribution < -0.4 is 17.0 Å².